The Balaban J connectivity index is 5.01. The standard InChI is InChI=1S/C15H31N3O10/c1-10(18(8-14(25)26)9-15(27)28)4-16(5-11(19)20)2-3-17(6-12(21)22)7-13(23)24/h10-13,19-24H,2-9H2,1H3,(H,25,26)(H,27,28). The molecule has 0 saturated heterocycles. The van der Waals surface area contributed by atoms with Crippen LogP contribution in [0.5, 0.6) is 0 Å². The average Bonchev–Trinajstić information content (AvgIpc) is 2.49. The third-order valence-electron chi connectivity index (χ3n) is 3.82. The molecule has 0 aliphatic carbocycles. The molecule has 0 aromatic rings. The Morgan fingerprint density at radius 3 is 1.29 bits per heavy atom. The highest BCUT2D eigenvalue weighted by atomic mass is 16.5. The van der Waals surface area contributed by atoms with Crippen LogP contribution in [0.4, 0.5) is 0 Å². The largest absolute Gasteiger partial charge is 0.480 e. The zero-order chi connectivity index (χ0) is 21.9. The predicted molar refractivity (Wildman–Crippen MR) is 93.9 cm³/mol. The zero-order valence-electron chi connectivity index (χ0n) is 15.7. The quantitative estimate of drug-likeness (QED) is 0.112. The lowest BCUT2D eigenvalue weighted by Crippen LogP contribution is -2.50. The van der Waals surface area contributed by atoms with Crippen LogP contribution in [-0.4, -0.2) is 145 Å². The number of carboxylic acids is 2. The van der Waals surface area contributed by atoms with Crippen molar-refractivity contribution < 1.29 is 50.4 Å². The first-order valence-corrected chi connectivity index (χ1v) is 8.61. The van der Waals surface area contributed by atoms with Gasteiger partial charge in [0.1, 0.15) is 0 Å². The van der Waals surface area contributed by atoms with Crippen LogP contribution in [0.15, 0.2) is 0 Å². The third-order valence-corrected chi connectivity index (χ3v) is 3.82. The molecule has 0 heterocycles. The van der Waals surface area contributed by atoms with E-state index < -0.39 is 49.9 Å². The van der Waals surface area contributed by atoms with Crippen molar-refractivity contribution in [2.24, 2.45) is 0 Å². The predicted octanol–water partition coefficient (Wildman–Crippen LogP) is -4.62. The molecule has 0 aliphatic rings. The molecule has 0 radical (unpaired) electrons. The van der Waals surface area contributed by atoms with Gasteiger partial charge in [-0.05, 0) is 6.92 Å². The zero-order valence-corrected chi connectivity index (χ0v) is 15.7. The van der Waals surface area contributed by atoms with Crippen molar-refractivity contribution in [3.63, 3.8) is 0 Å². The van der Waals surface area contributed by atoms with Gasteiger partial charge in [-0.15, -0.1) is 0 Å². The van der Waals surface area contributed by atoms with Crippen LogP contribution in [0.3, 0.4) is 0 Å². The molecular weight excluding hydrogens is 382 g/mol. The second kappa shape index (κ2) is 13.7. The van der Waals surface area contributed by atoms with Crippen molar-refractivity contribution in [1.29, 1.82) is 0 Å². The van der Waals surface area contributed by atoms with E-state index >= 15 is 0 Å². The average molecular weight is 413 g/mol. The van der Waals surface area contributed by atoms with Gasteiger partial charge in [-0.3, -0.25) is 24.3 Å². The summed E-state index contributed by atoms with van der Waals surface area (Å²) < 4.78 is 0. The Labute approximate surface area is 162 Å². The number of rotatable bonds is 16. The van der Waals surface area contributed by atoms with E-state index in [0.717, 1.165) is 0 Å². The highest BCUT2D eigenvalue weighted by molar-refractivity contribution is 5.72. The summed E-state index contributed by atoms with van der Waals surface area (Å²) in [6.07, 6.45) is -5.13. The maximum atomic E-state index is 11.0. The molecule has 0 fully saturated rings. The monoisotopic (exact) mass is 413 g/mol. The van der Waals surface area contributed by atoms with E-state index in [1.165, 1.54) is 14.7 Å². The Morgan fingerprint density at radius 1 is 0.679 bits per heavy atom. The molecule has 0 amide bonds. The molecule has 8 N–H and O–H groups in total. The van der Waals surface area contributed by atoms with Gasteiger partial charge >= 0.3 is 11.9 Å². The second-order valence-corrected chi connectivity index (χ2v) is 6.50. The van der Waals surface area contributed by atoms with Crippen molar-refractivity contribution in [1.82, 2.24) is 14.7 Å². The van der Waals surface area contributed by atoms with Crippen LogP contribution >= 0.6 is 0 Å². The smallest absolute Gasteiger partial charge is 0.317 e. The molecule has 1 atom stereocenters. The van der Waals surface area contributed by atoms with Crippen LogP contribution in [0, 0.1) is 0 Å². The Morgan fingerprint density at radius 2 is 1.00 bits per heavy atom. The van der Waals surface area contributed by atoms with E-state index in [1.807, 2.05) is 0 Å². The number of nitrogens with zero attached hydrogens (tertiary/aromatic N) is 3. The minimum Gasteiger partial charge on any atom is -0.480 e. The molecule has 13 heteroatoms. The highest BCUT2D eigenvalue weighted by Crippen LogP contribution is 2.05. The van der Waals surface area contributed by atoms with Gasteiger partial charge in [-0.2, -0.15) is 0 Å². The Kier molecular flexibility index (Phi) is 13.0. The summed E-state index contributed by atoms with van der Waals surface area (Å²) in [5.74, 6) is -2.41. The maximum Gasteiger partial charge on any atom is 0.317 e. The van der Waals surface area contributed by atoms with Gasteiger partial charge < -0.3 is 40.9 Å². The van der Waals surface area contributed by atoms with Gasteiger partial charge in [0, 0.05) is 45.3 Å². The minimum absolute atomic E-state index is 0.0926. The number of aliphatic hydroxyl groups is 6. The van der Waals surface area contributed by atoms with Crippen LogP contribution in [0.1, 0.15) is 6.92 Å². The summed E-state index contributed by atoms with van der Waals surface area (Å²) >= 11 is 0. The molecule has 0 spiro atoms. The molecule has 166 valence electrons. The second-order valence-electron chi connectivity index (χ2n) is 6.50. The van der Waals surface area contributed by atoms with Crippen LogP contribution in [0.2, 0.25) is 0 Å². The molecule has 13 nitrogen and oxygen atoms in total. The topological polar surface area (TPSA) is 206 Å². The summed E-state index contributed by atoms with van der Waals surface area (Å²) in [4.78, 5) is 26.0. The van der Waals surface area contributed by atoms with E-state index in [2.05, 4.69) is 0 Å². The van der Waals surface area contributed by atoms with E-state index in [4.69, 9.17) is 30.6 Å². The van der Waals surface area contributed by atoms with Gasteiger partial charge in [0.05, 0.1) is 13.1 Å². The van der Waals surface area contributed by atoms with E-state index in [9.17, 15) is 19.8 Å². The van der Waals surface area contributed by atoms with Crippen molar-refractivity contribution in [2.45, 2.75) is 31.8 Å². The first-order chi connectivity index (χ1) is 12.9. The molecule has 0 aromatic heterocycles. The van der Waals surface area contributed by atoms with Gasteiger partial charge in [0.25, 0.3) is 0 Å². The summed E-state index contributed by atoms with van der Waals surface area (Å²) in [7, 11) is 0. The lowest BCUT2D eigenvalue weighted by molar-refractivity contribution is -0.143. The molecule has 28 heavy (non-hydrogen) atoms. The number of carboxylic acid groups (broad SMARTS) is 2. The highest BCUT2D eigenvalue weighted by Gasteiger charge is 2.23. The van der Waals surface area contributed by atoms with Crippen molar-refractivity contribution in [2.75, 3.05) is 52.4 Å². The summed E-state index contributed by atoms with van der Waals surface area (Å²) in [6.45, 7) is 0.132. The number of hydrogen-bond donors (Lipinski definition) is 8. The summed E-state index contributed by atoms with van der Waals surface area (Å²) in [6, 6.07) is -0.564. The normalized spacial score (nSPS) is 13.5. The number of carbonyl (C=O) groups is 2. The van der Waals surface area contributed by atoms with Crippen molar-refractivity contribution in [3.8, 4) is 0 Å². The molecular formula is C15H31N3O10. The van der Waals surface area contributed by atoms with E-state index in [-0.39, 0.29) is 39.3 Å². The number of aliphatic hydroxyl groups excluding tert-OH is 3. The van der Waals surface area contributed by atoms with E-state index in [0.29, 0.717) is 0 Å². The maximum absolute atomic E-state index is 11.0. The van der Waals surface area contributed by atoms with Gasteiger partial charge in [0.2, 0.25) is 0 Å². The first kappa shape index (κ1) is 26.6. The fourth-order valence-corrected chi connectivity index (χ4v) is 2.69. The molecule has 0 aromatic carbocycles. The summed E-state index contributed by atoms with van der Waals surface area (Å²) in [5, 5.41) is 72.7. The first-order valence-electron chi connectivity index (χ1n) is 8.61. The van der Waals surface area contributed by atoms with E-state index in [1.54, 1.807) is 6.92 Å². The molecule has 0 saturated carbocycles. The fourth-order valence-electron chi connectivity index (χ4n) is 2.69. The number of aliphatic carboxylic acids is 2. The van der Waals surface area contributed by atoms with Gasteiger partial charge in [0.15, 0.2) is 18.9 Å². The van der Waals surface area contributed by atoms with Crippen LogP contribution < -0.4 is 0 Å². The molecule has 0 rings (SSSR count). The van der Waals surface area contributed by atoms with Crippen LogP contribution in [0.25, 0.3) is 0 Å². The van der Waals surface area contributed by atoms with Crippen molar-refractivity contribution >= 4 is 11.9 Å². The van der Waals surface area contributed by atoms with Crippen LogP contribution in [-0.2, 0) is 9.59 Å². The lowest BCUT2D eigenvalue weighted by atomic mass is 10.2. The Bertz CT molecular complexity index is 437. The Hall–Kier alpha value is -1.42. The third kappa shape index (κ3) is 13.7. The van der Waals surface area contributed by atoms with Gasteiger partial charge in [-0.1, -0.05) is 0 Å². The molecule has 0 bridgehead atoms. The van der Waals surface area contributed by atoms with Gasteiger partial charge in [-0.25, -0.2) is 0 Å². The fraction of sp³-hybridized carbons (Fsp3) is 0.867. The van der Waals surface area contributed by atoms with Crippen molar-refractivity contribution in [3.05, 3.63) is 0 Å². The number of hydrogen-bond acceptors (Lipinski definition) is 11. The summed E-state index contributed by atoms with van der Waals surface area (Å²) in [5.41, 5.74) is 0. The SMILES string of the molecule is CC(CN(CCN(CC(O)O)CC(O)O)CC(O)O)N(CC(=O)O)CC(=O)O. The molecule has 0 aliphatic heterocycles. The lowest BCUT2D eigenvalue weighted by Gasteiger charge is -2.33. The molecule has 1 unspecified atom stereocenters. The minimum atomic E-state index is -1.71.